The number of carbonyl (C=O) groups is 1. The van der Waals surface area contributed by atoms with E-state index in [9.17, 15) is 4.79 Å². The summed E-state index contributed by atoms with van der Waals surface area (Å²) in [5, 5.41) is 4.11. The molecular formula is C14H15N7O. The number of aromatic nitrogens is 6. The summed E-state index contributed by atoms with van der Waals surface area (Å²) >= 11 is 0. The zero-order valence-corrected chi connectivity index (χ0v) is 11.9. The average molecular weight is 297 g/mol. The Morgan fingerprint density at radius 2 is 2.32 bits per heavy atom. The molecule has 1 amide bonds. The van der Waals surface area contributed by atoms with Gasteiger partial charge >= 0.3 is 0 Å². The van der Waals surface area contributed by atoms with E-state index < -0.39 is 0 Å². The molecule has 0 saturated carbocycles. The number of fused-ring (bicyclic) bond motifs is 1. The van der Waals surface area contributed by atoms with Gasteiger partial charge in [-0.1, -0.05) is 0 Å². The van der Waals surface area contributed by atoms with E-state index in [0.717, 1.165) is 18.1 Å². The molecule has 8 heteroatoms. The van der Waals surface area contributed by atoms with E-state index in [4.69, 9.17) is 0 Å². The van der Waals surface area contributed by atoms with Crippen LogP contribution >= 0.6 is 0 Å². The van der Waals surface area contributed by atoms with E-state index in [0.29, 0.717) is 25.3 Å². The average Bonchev–Trinajstić information content (AvgIpc) is 3.29. The van der Waals surface area contributed by atoms with Crippen LogP contribution in [0.15, 0.2) is 37.2 Å². The Balaban J connectivity index is 1.53. The fraction of sp³-hybridized carbons (Fsp3) is 0.286. The van der Waals surface area contributed by atoms with Gasteiger partial charge in [0.15, 0.2) is 0 Å². The molecule has 0 saturated heterocycles. The summed E-state index contributed by atoms with van der Waals surface area (Å²) in [7, 11) is 0. The summed E-state index contributed by atoms with van der Waals surface area (Å²) in [5.74, 6) is 0.915. The maximum atomic E-state index is 12.4. The van der Waals surface area contributed by atoms with Crippen LogP contribution in [0.2, 0.25) is 0 Å². The summed E-state index contributed by atoms with van der Waals surface area (Å²) in [6.45, 7) is 2.57. The number of hydrogen-bond acceptors (Lipinski definition) is 4. The largest absolute Gasteiger partial charge is 0.357 e. The van der Waals surface area contributed by atoms with Gasteiger partial charge < -0.3 is 14.5 Å². The number of nitrogens with zero attached hydrogens (tertiary/aromatic N) is 6. The molecule has 1 aliphatic rings. The minimum atomic E-state index is 0.0112. The third kappa shape index (κ3) is 2.18. The first-order valence-corrected chi connectivity index (χ1v) is 7.09. The van der Waals surface area contributed by atoms with Gasteiger partial charge in [-0.15, -0.1) is 0 Å². The number of carbonyl (C=O) groups excluding carboxylic acids is 1. The zero-order chi connectivity index (χ0) is 14.9. The van der Waals surface area contributed by atoms with Crippen LogP contribution < -0.4 is 0 Å². The van der Waals surface area contributed by atoms with E-state index >= 15 is 0 Å². The Morgan fingerprint density at radius 3 is 3.09 bits per heavy atom. The van der Waals surface area contributed by atoms with Crippen LogP contribution in [0.1, 0.15) is 22.0 Å². The van der Waals surface area contributed by atoms with Crippen LogP contribution in [0.25, 0.3) is 0 Å². The molecule has 0 unspecified atom stereocenters. The number of H-pyrrole nitrogens is 1. The van der Waals surface area contributed by atoms with Gasteiger partial charge in [0.2, 0.25) is 0 Å². The first kappa shape index (κ1) is 12.8. The second-order valence-corrected chi connectivity index (χ2v) is 5.22. The SMILES string of the molecule is O=C(c1ccc[nH]1)N1CCn2c(Cn3cncn3)cnc2C1. The Hall–Kier alpha value is -2.90. The van der Waals surface area contributed by atoms with Crippen molar-refractivity contribution in [3.05, 3.63) is 54.4 Å². The molecule has 0 spiro atoms. The standard InChI is InChI=1S/C14H15N7O/c22-14(12-2-1-3-16-12)19-4-5-21-11(6-17-13(21)8-19)7-20-10-15-9-18-20/h1-3,6,9-10,16H,4-5,7-8H2. The van der Waals surface area contributed by atoms with Crippen molar-refractivity contribution in [2.75, 3.05) is 6.54 Å². The minimum Gasteiger partial charge on any atom is -0.357 e. The number of aromatic amines is 1. The van der Waals surface area contributed by atoms with Crippen molar-refractivity contribution in [1.82, 2.24) is 34.2 Å². The first-order valence-electron chi connectivity index (χ1n) is 7.09. The summed E-state index contributed by atoms with van der Waals surface area (Å²) in [4.78, 5) is 25.5. The fourth-order valence-electron chi connectivity index (χ4n) is 2.74. The van der Waals surface area contributed by atoms with Crippen molar-refractivity contribution < 1.29 is 4.79 Å². The summed E-state index contributed by atoms with van der Waals surface area (Å²) < 4.78 is 3.92. The second-order valence-electron chi connectivity index (χ2n) is 5.22. The van der Waals surface area contributed by atoms with Crippen LogP contribution in [0, 0.1) is 0 Å². The molecular weight excluding hydrogens is 282 g/mol. The van der Waals surface area contributed by atoms with Crippen molar-refractivity contribution in [2.24, 2.45) is 0 Å². The summed E-state index contributed by atoms with van der Waals surface area (Å²) in [6.07, 6.45) is 6.81. The topological polar surface area (TPSA) is 84.6 Å². The molecule has 4 rings (SSSR count). The highest BCUT2D eigenvalue weighted by atomic mass is 16.2. The lowest BCUT2D eigenvalue weighted by Gasteiger charge is -2.28. The van der Waals surface area contributed by atoms with Gasteiger partial charge in [0.25, 0.3) is 5.91 Å². The highest BCUT2D eigenvalue weighted by Crippen LogP contribution is 2.16. The third-order valence-electron chi connectivity index (χ3n) is 3.85. The molecule has 22 heavy (non-hydrogen) atoms. The lowest BCUT2D eigenvalue weighted by molar-refractivity contribution is 0.0701. The molecule has 0 bridgehead atoms. The number of amides is 1. The van der Waals surface area contributed by atoms with Gasteiger partial charge in [0.05, 0.1) is 25.0 Å². The number of imidazole rings is 1. The Kier molecular flexibility index (Phi) is 2.99. The Morgan fingerprint density at radius 1 is 1.36 bits per heavy atom. The first-order chi connectivity index (χ1) is 10.8. The predicted molar refractivity (Wildman–Crippen MR) is 76.9 cm³/mol. The highest BCUT2D eigenvalue weighted by Gasteiger charge is 2.24. The van der Waals surface area contributed by atoms with E-state index in [2.05, 4.69) is 24.6 Å². The third-order valence-corrected chi connectivity index (χ3v) is 3.85. The van der Waals surface area contributed by atoms with Crippen LogP contribution in [-0.2, 0) is 19.6 Å². The van der Waals surface area contributed by atoms with Crippen molar-refractivity contribution >= 4 is 5.91 Å². The van der Waals surface area contributed by atoms with Crippen LogP contribution in [0.5, 0.6) is 0 Å². The van der Waals surface area contributed by atoms with Crippen molar-refractivity contribution in [1.29, 1.82) is 0 Å². The maximum Gasteiger partial charge on any atom is 0.270 e. The van der Waals surface area contributed by atoms with Gasteiger partial charge in [-0.3, -0.25) is 4.79 Å². The minimum absolute atomic E-state index is 0.0112. The van der Waals surface area contributed by atoms with Gasteiger partial charge in [-0.2, -0.15) is 5.10 Å². The van der Waals surface area contributed by atoms with Gasteiger partial charge in [-0.25, -0.2) is 14.6 Å². The van der Waals surface area contributed by atoms with Crippen LogP contribution in [0.3, 0.4) is 0 Å². The highest BCUT2D eigenvalue weighted by molar-refractivity contribution is 5.92. The zero-order valence-electron chi connectivity index (χ0n) is 11.9. The number of rotatable bonds is 3. The van der Waals surface area contributed by atoms with Crippen molar-refractivity contribution in [3.63, 3.8) is 0 Å². The molecule has 1 aliphatic heterocycles. The quantitative estimate of drug-likeness (QED) is 0.763. The van der Waals surface area contributed by atoms with E-state index in [1.54, 1.807) is 23.3 Å². The molecule has 3 aromatic rings. The van der Waals surface area contributed by atoms with E-state index in [1.807, 2.05) is 17.2 Å². The molecule has 3 aromatic heterocycles. The number of hydrogen-bond donors (Lipinski definition) is 1. The van der Waals surface area contributed by atoms with E-state index in [-0.39, 0.29) is 5.91 Å². The smallest absolute Gasteiger partial charge is 0.270 e. The van der Waals surface area contributed by atoms with Crippen molar-refractivity contribution in [2.45, 2.75) is 19.6 Å². The van der Waals surface area contributed by atoms with Gasteiger partial charge in [-0.05, 0) is 12.1 Å². The molecule has 1 N–H and O–H groups in total. The maximum absolute atomic E-state index is 12.4. The molecule has 0 aliphatic carbocycles. The van der Waals surface area contributed by atoms with Gasteiger partial charge in [0, 0.05) is 19.3 Å². The molecule has 0 radical (unpaired) electrons. The molecule has 8 nitrogen and oxygen atoms in total. The Bertz CT molecular complexity index is 772. The predicted octanol–water partition coefficient (Wildman–Crippen LogP) is 0.507. The van der Waals surface area contributed by atoms with Gasteiger partial charge in [0.1, 0.15) is 24.2 Å². The Labute approximate surface area is 126 Å². The molecule has 0 fully saturated rings. The molecule has 112 valence electrons. The van der Waals surface area contributed by atoms with E-state index in [1.165, 1.54) is 6.33 Å². The molecule has 0 aromatic carbocycles. The van der Waals surface area contributed by atoms with Crippen LogP contribution in [-0.4, -0.2) is 46.7 Å². The summed E-state index contributed by atoms with van der Waals surface area (Å²) in [6, 6.07) is 3.62. The second kappa shape index (κ2) is 5.14. The molecule has 0 atom stereocenters. The lowest BCUT2D eigenvalue weighted by atomic mass is 10.3. The monoisotopic (exact) mass is 297 g/mol. The fourth-order valence-corrected chi connectivity index (χ4v) is 2.74. The van der Waals surface area contributed by atoms with Crippen LogP contribution in [0.4, 0.5) is 0 Å². The molecule has 4 heterocycles. The summed E-state index contributed by atoms with van der Waals surface area (Å²) in [5.41, 5.74) is 1.69. The van der Waals surface area contributed by atoms with Crippen molar-refractivity contribution in [3.8, 4) is 0 Å². The lowest BCUT2D eigenvalue weighted by Crippen LogP contribution is -2.39. The normalized spacial score (nSPS) is 14.1. The number of nitrogens with one attached hydrogen (secondary N) is 1.